The van der Waals surface area contributed by atoms with E-state index in [2.05, 4.69) is 24.2 Å². The lowest BCUT2D eigenvalue weighted by atomic mass is 9.48. The summed E-state index contributed by atoms with van der Waals surface area (Å²) in [6.07, 6.45) is 15.4. The second-order valence-electron chi connectivity index (χ2n) is 9.95. The van der Waals surface area contributed by atoms with E-state index in [1.165, 1.54) is 31.3 Å². The SMILES string of the molecule is CC[C@]12CCC3C(CCC4=C/C(=N/O)CC[C@@H]43)C1[C@@H]1C[C@@H]1[C@@]21C=CC(=O)O1. The van der Waals surface area contributed by atoms with E-state index in [-0.39, 0.29) is 17.0 Å². The topological polar surface area (TPSA) is 58.9 Å². The van der Waals surface area contributed by atoms with Gasteiger partial charge >= 0.3 is 5.97 Å². The molecule has 4 fully saturated rings. The van der Waals surface area contributed by atoms with Crippen molar-refractivity contribution in [2.24, 2.45) is 46.1 Å². The maximum atomic E-state index is 12.1. The third-order valence-electron chi connectivity index (χ3n) is 9.52. The van der Waals surface area contributed by atoms with Crippen LogP contribution in [0.4, 0.5) is 0 Å². The monoisotopic (exact) mass is 367 g/mol. The summed E-state index contributed by atoms with van der Waals surface area (Å²) < 4.78 is 6.14. The van der Waals surface area contributed by atoms with Crippen LogP contribution in [-0.2, 0) is 9.53 Å². The largest absolute Gasteiger partial charge is 0.451 e. The Bertz CT molecular complexity index is 797. The van der Waals surface area contributed by atoms with Gasteiger partial charge in [-0.3, -0.25) is 0 Å². The second-order valence-corrected chi connectivity index (χ2v) is 9.95. The van der Waals surface area contributed by atoms with Crippen molar-refractivity contribution in [2.45, 2.75) is 63.9 Å². The average Bonchev–Trinajstić information content (AvgIpc) is 3.34. The van der Waals surface area contributed by atoms with E-state index in [1.807, 2.05) is 0 Å². The first-order valence-corrected chi connectivity index (χ1v) is 11.0. The Hall–Kier alpha value is -1.58. The number of hydrogen-bond donors (Lipinski definition) is 1. The molecule has 27 heavy (non-hydrogen) atoms. The lowest BCUT2D eigenvalue weighted by Gasteiger charge is -2.58. The van der Waals surface area contributed by atoms with E-state index in [0.29, 0.717) is 11.8 Å². The van der Waals surface area contributed by atoms with Crippen molar-refractivity contribution in [1.82, 2.24) is 0 Å². The van der Waals surface area contributed by atoms with E-state index in [0.717, 1.165) is 55.1 Å². The van der Waals surface area contributed by atoms with Gasteiger partial charge in [-0.05, 0) is 93.1 Å². The lowest BCUT2D eigenvalue weighted by Crippen LogP contribution is -2.56. The molecule has 5 aliphatic carbocycles. The highest BCUT2D eigenvalue weighted by molar-refractivity contribution is 5.96. The smallest absolute Gasteiger partial charge is 0.331 e. The zero-order chi connectivity index (χ0) is 18.4. The zero-order valence-electron chi connectivity index (χ0n) is 16.1. The van der Waals surface area contributed by atoms with Crippen LogP contribution >= 0.6 is 0 Å². The summed E-state index contributed by atoms with van der Waals surface area (Å²) in [7, 11) is 0. The van der Waals surface area contributed by atoms with Crippen molar-refractivity contribution in [3.05, 3.63) is 23.8 Å². The van der Waals surface area contributed by atoms with Gasteiger partial charge in [0.1, 0.15) is 5.60 Å². The molecular formula is C23H29NO3. The molecule has 0 aromatic carbocycles. The average molecular weight is 367 g/mol. The Morgan fingerprint density at radius 3 is 2.85 bits per heavy atom. The van der Waals surface area contributed by atoms with Gasteiger partial charge < -0.3 is 9.94 Å². The predicted octanol–water partition coefficient (Wildman–Crippen LogP) is 4.49. The number of esters is 1. The fraction of sp³-hybridized carbons (Fsp3) is 0.739. The van der Waals surface area contributed by atoms with Crippen LogP contribution in [0.1, 0.15) is 58.3 Å². The van der Waals surface area contributed by atoms with Crippen molar-refractivity contribution in [1.29, 1.82) is 0 Å². The van der Waals surface area contributed by atoms with Gasteiger partial charge in [0.15, 0.2) is 0 Å². The summed E-state index contributed by atoms with van der Waals surface area (Å²) >= 11 is 0. The molecule has 1 heterocycles. The van der Waals surface area contributed by atoms with Crippen molar-refractivity contribution >= 4 is 11.7 Å². The highest BCUT2D eigenvalue weighted by Gasteiger charge is 2.78. The van der Waals surface area contributed by atoms with Gasteiger partial charge in [0.25, 0.3) is 0 Å². The third kappa shape index (κ3) is 1.85. The number of oxime groups is 1. The van der Waals surface area contributed by atoms with E-state index in [1.54, 1.807) is 6.08 Å². The number of carbonyl (C=O) groups excluding carboxylic acids is 1. The number of hydrogen-bond acceptors (Lipinski definition) is 4. The number of allylic oxidation sites excluding steroid dienone is 2. The van der Waals surface area contributed by atoms with Crippen LogP contribution in [0.5, 0.6) is 0 Å². The van der Waals surface area contributed by atoms with E-state index in [4.69, 9.17) is 4.74 Å². The lowest BCUT2D eigenvalue weighted by molar-refractivity contribution is -0.171. The molecule has 4 heteroatoms. The molecule has 144 valence electrons. The fourth-order valence-corrected chi connectivity index (χ4v) is 8.65. The zero-order valence-corrected chi connectivity index (χ0v) is 16.1. The van der Waals surface area contributed by atoms with E-state index < -0.39 is 0 Å². The van der Waals surface area contributed by atoms with Crippen LogP contribution in [0.3, 0.4) is 0 Å². The van der Waals surface area contributed by atoms with Gasteiger partial charge in [0.05, 0.1) is 5.71 Å². The van der Waals surface area contributed by atoms with E-state index in [9.17, 15) is 10.0 Å². The van der Waals surface area contributed by atoms with Crippen molar-refractivity contribution in [2.75, 3.05) is 0 Å². The van der Waals surface area contributed by atoms with Gasteiger partial charge in [-0.15, -0.1) is 0 Å². The molecule has 1 N–H and O–H groups in total. The number of nitrogens with zero attached hydrogens (tertiary/aromatic N) is 1. The standard InChI is InChI=1S/C23H29NO3/c1-2-22-9-7-16-15-6-4-14(24-26)11-13(15)3-5-17(16)21(22)18-12-19(18)23(22)10-8-20(25)27-23/h8,10-11,15-19,21,26H,2-7,9,12H2,1H3/b24-14+/t15-,16?,17?,18+,19-,21?,22-,23-/m0/s1. The number of rotatable bonds is 1. The minimum absolute atomic E-state index is 0.117. The Morgan fingerprint density at radius 1 is 1.22 bits per heavy atom. The number of fused-ring (bicyclic) bond motifs is 9. The molecule has 4 saturated carbocycles. The maximum absolute atomic E-state index is 12.1. The minimum Gasteiger partial charge on any atom is -0.451 e. The fourth-order valence-electron chi connectivity index (χ4n) is 8.65. The van der Waals surface area contributed by atoms with Crippen molar-refractivity contribution < 1.29 is 14.7 Å². The van der Waals surface area contributed by atoms with Crippen LogP contribution in [0.2, 0.25) is 0 Å². The molecule has 0 bridgehead atoms. The maximum Gasteiger partial charge on any atom is 0.331 e. The Balaban J connectivity index is 1.38. The van der Waals surface area contributed by atoms with Gasteiger partial charge in [-0.1, -0.05) is 17.7 Å². The van der Waals surface area contributed by atoms with Crippen LogP contribution < -0.4 is 0 Å². The summed E-state index contributed by atoms with van der Waals surface area (Å²) in [6.45, 7) is 2.33. The first kappa shape index (κ1) is 16.4. The molecule has 6 aliphatic rings. The molecular weight excluding hydrogens is 338 g/mol. The molecule has 6 rings (SSSR count). The second kappa shape index (κ2) is 5.27. The van der Waals surface area contributed by atoms with E-state index >= 15 is 0 Å². The van der Waals surface area contributed by atoms with Gasteiger partial charge in [-0.2, -0.15) is 0 Å². The van der Waals surface area contributed by atoms with Gasteiger partial charge in [0, 0.05) is 17.4 Å². The normalized spacial score (nSPS) is 53.4. The van der Waals surface area contributed by atoms with Crippen molar-refractivity contribution in [3.8, 4) is 0 Å². The van der Waals surface area contributed by atoms with Crippen LogP contribution in [0, 0.1) is 40.9 Å². The molecule has 3 unspecified atom stereocenters. The van der Waals surface area contributed by atoms with Gasteiger partial charge in [-0.25, -0.2) is 4.79 Å². The summed E-state index contributed by atoms with van der Waals surface area (Å²) in [4.78, 5) is 12.1. The number of carbonyl (C=O) groups is 1. The quantitative estimate of drug-likeness (QED) is 0.422. The van der Waals surface area contributed by atoms with Crippen LogP contribution in [0.25, 0.3) is 0 Å². The molecule has 4 nitrogen and oxygen atoms in total. The first-order chi connectivity index (χ1) is 13.1. The molecule has 0 radical (unpaired) electrons. The highest BCUT2D eigenvalue weighted by Crippen LogP contribution is 2.78. The molecule has 1 aliphatic heterocycles. The summed E-state index contributed by atoms with van der Waals surface area (Å²) in [5.41, 5.74) is 2.27. The van der Waals surface area contributed by atoms with Crippen LogP contribution in [-0.4, -0.2) is 22.5 Å². The molecule has 1 spiro atoms. The molecule has 0 aromatic rings. The highest BCUT2D eigenvalue weighted by atomic mass is 16.6. The predicted molar refractivity (Wildman–Crippen MR) is 101 cm³/mol. The minimum atomic E-state index is -0.293. The molecule has 0 amide bonds. The summed E-state index contributed by atoms with van der Waals surface area (Å²) in [5.74, 6) is 4.16. The summed E-state index contributed by atoms with van der Waals surface area (Å²) in [5, 5.41) is 12.7. The molecule has 0 aromatic heterocycles. The first-order valence-electron chi connectivity index (χ1n) is 11.0. The Labute approximate surface area is 160 Å². The van der Waals surface area contributed by atoms with Crippen molar-refractivity contribution in [3.63, 3.8) is 0 Å². The van der Waals surface area contributed by atoms with Crippen LogP contribution in [0.15, 0.2) is 29.0 Å². The Kier molecular flexibility index (Phi) is 3.20. The number of ether oxygens (including phenoxy) is 1. The third-order valence-corrected chi connectivity index (χ3v) is 9.52. The summed E-state index contributed by atoms with van der Waals surface area (Å²) in [6, 6.07) is 0. The molecule has 8 atom stereocenters. The molecule has 0 saturated heterocycles. The Morgan fingerprint density at radius 2 is 2.11 bits per heavy atom. The van der Waals surface area contributed by atoms with Gasteiger partial charge in [0.2, 0.25) is 0 Å².